The zero-order valence-corrected chi connectivity index (χ0v) is 44.0. The minimum absolute atomic E-state index is 0.226. The van der Waals surface area contributed by atoms with E-state index >= 15 is 0 Å². The molecule has 8 rings (SSSR count). The first-order valence-electron chi connectivity index (χ1n) is 19.4. The summed E-state index contributed by atoms with van der Waals surface area (Å²) < 4.78 is 12.0. The third kappa shape index (κ3) is 14.4. The number of hydrogen-bond donors (Lipinski definition) is 0. The molecule has 0 saturated heterocycles. The standard InChI is InChI=1S/2C26H24As2.2ClH.Rh/c2*1-5-13-23(14-6-1)27(24-15-7-2-8-16-24)21-22-28(25-17-9-3-10-18-25)26-19-11-4-12-20-26;;;/h2*1-22,27-28H;2*1H;/q;;;;+2/p-2/b2*22-21-;;;. The van der Waals surface area contributed by atoms with Crippen LogP contribution in [0.4, 0.5) is 0 Å². The molecule has 0 nitrogen and oxygen atoms in total. The van der Waals surface area contributed by atoms with Crippen LogP contribution < -0.4 is 34.8 Å². The van der Waals surface area contributed by atoms with E-state index in [0.717, 1.165) is 0 Å². The summed E-state index contributed by atoms with van der Waals surface area (Å²) in [6.45, 7) is 0. The number of hydrogen-bond acceptors (Lipinski definition) is 0. The Balaban J connectivity index is 0.000000186. The fourth-order valence-corrected chi connectivity index (χ4v) is 30.7. The first-order valence-corrected chi connectivity index (χ1v) is 36.8. The third-order valence-corrected chi connectivity index (χ3v) is 32.7. The maximum absolute atomic E-state index is 4.83. The van der Waals surface area contributed by atoms with Crippen molar-refractivity contribution < 1.29 is 15.1 Å². The summed E-state index contributed by atoms with van der Waals surface area (Å²) in [5.41, 5.74) is 0. The fraction of sp³-hybridized carbons (Fsp3) is 0. The fourth-order valence-electron chi connectivity index (χ4n) is 6.71. The molecule has 0 aliphatic carbocycles. The van der Waals surface area contributed by atoms with Crippen LogP contribution in [0, 0.1) is 0 Å². The van der Waals surface area contributed by atoms with Crippen LogP contribution in [-0.4, -0.2) is 58.6 Å². The first kappa shape index (κ1) is 45.2. The van der Waals surface area contributed by atoms with E-state index in [2.05, 4.69) is 262 Å². The van der Waals surface area contributed by atoms with Gasteiger partial charge in [-0.3, -0.25) is 0 Å². The van der Waals surface area contributed by atoms with Gasteiger partial charge in [0.2, 0.25) is 0 Å². The molecule has 0 unspecified atom stereocenters. The van der Waals surface area contributed by atoms with Gasteiger partial charge in [0.1, 0.15) is 0 Å². The SMILES string of the molecule is C(=C/[AsH](c1ccccc1)c1ccccc1)/[AsH](c1ccccc1)c1ccccc1.C(=C/[AsH](c1ccccc1)c1ccccc1)/[AsH](c1ccccc1)c1ccccc1.[Cl][Rh][Cl]. The first-order chi connectivity index (χ1) is 29.2. The molecule has 0 spiro atoms. The van der Waals surface area contributed by atoms with E-state index in [4.69, 9.17) is 19.4 Å². The van der Waals surface area contributed by atoms with Crippen molar-refractivity contribution >= 4 is 113 Å². The van der Waals surface area contributed by atoms with Crippen LogP contribution in [-0.2, 0) is 15.1 Å². The monoisotopic (exact) mass is 1140 g/mol. The molecule has 59 heavy (non-hydrogen) atoms. The molecule has 0 atom stereocenters. The molecule has 0 fully saturated rings. The summed E-state index contributed by atoms with van der Waals surface area (Å²) in [6.07, 6.45) is 0. The van der Waals surface area contributed by atoms with Crippen LogP contribution in [0.2, 0.25) is 0 Å². The minimum atomic E-state index is -1.73. The van der Waals surface area contributed by atoms with Crippen LogP contribution in [0.15, 0.2) is 262 Å². The third-order valence-electron chi connectivity index (χ3n) is 9.51. The van der Waals surface area contributed by atoms with Gasteiger partial charge in [-0.15, -0.1) is 0 Å². The zero-order valence-electron chi connectivity index (χ0n) is 32.5. The Kier molecular flexibility index (Phi) is 20.0. The molecule has 4 radical (unpaired) electrons. The molecule has 8 aromatic rings. The number of rotatable bonds is 12. The van der Waals surface area contributed by atoms with Gasteiger partial charge in [-0.2, -0.15) is 0 Å². The molecule has 0 N–H and O–H groups in total. The van der Waals surface area contributed by atoms with Crippen LogP contribution in [0.1, 0.15) is 0 Å². The summed E-state index contributed by atoms with van der Waals surface area (Å²) in [6, 6.07) is 88.5. The Morgan fingerprint density at radius 2 is 0.322 bits per heavy atom. The van der Waals surface area contributed by atoms with Crippen LogP contribution in [0.5, 0.6) is 0 Å². The molecule has 299 valence electrons. The van der Waals surface area contributed by atoms with E-state index in [1.54, 1.807) is 0 Å². The van der Waals surface area contributed by atoms with Gasteiger partial charge in [-0.1, -0.05) is 0 Å². The van der Waals surface area contributed by atoms with E-state index < -0.39 is 58.6 Å². The van der Waals surface area contributed by atoms with Crippen LogP contribution in [0.3, 0.4) is 0 Å². The van der Waals surface area contributed by atoms with Gasteiger partial charge < -0.3 is 0 Å². The zero-order chi connectivity index (χ0) is 40.7. The van der Waals surface area contributed by atoms with Crippen molar-refractivity contribution in [2.45, 2.75) is 0 Å². The van der Waals surface area contributed by atoms with Gasteiger partial charge in [-0.05, 0) is 0 Å². The van der Waals surface area contributed by atoms with E-state index in [-0.39, 0.29) is 15.1 Å². The Morgan fingerprint density at radius 1 is 0.220 bits per heavy atom. The molecule has 0 heterocycles. The molecule has 8 aromatic carbocycles. The summed E-state index contributed by atoms with van der Waals surface area (Å²) in [7, 11) is 9.67. The van der Waals surface area contributed by atoms with E-state index in [0.29, 0.717) is 0 Å². The average Bonchev–Trinajstić information content (AvgIpc) is 3.32. The summed E-state index contributed by atoms with van der Waals surface area (Å²) in [5, 5.41) is 0. The van der Waals surface area contributed by atoms with Crippen molar-refractivity contribution in [3.8, 4) is 0 Å². The van der Waals surface area contributed by atoms with Crippen molar-refractivity contribution in [1.82, 2.24) is 0 Å². The molecule has 0 saturated carbocycles. The normalized spacial score (nSPS) is 11.2. The summed E-state index contributed by atoms with van der Waals surface area (Å²) >= 11 is -7.13. The molecule has 0 bridgehead atoms. The van der Waals surface area contributed by atoms with E-state index in [1.807, 2.05) is 0 Å². The summed E-state index contributed by atoms with van der Waals surface area (Å²) in [4.78, 5) is 10.4. The molecular formula is C52H48As4Cl2Rh. The maximum atomic E-state index is 4.83. The predicted octanol–water partition coefficient (Wildman–Crippen LogP) is 6.78. The van der Waals surface area contributed by atoms with Crippen LogP contribution >= 0.6 is 19.4 Å². The van der Waals surface area contributed by atoms with Gasteiger partial charge in [0.25, 0.3) is 0 Å². The second kappa shape index (κ2) is 26.1. The second-order valence-electron chi connectivity index (χ2n) is 13.3. The quantitative estimate of drug-likeness (QED) is 0.119. The predicted molar refractivity (Wildman–Crippen MR) is 267 cm³/mol. The van der Waals surface area contributed by atoms with Crippen molar-refractivity contribution in [3.63, 3.8) is 0 Å². The molecule has 7 heteroatoms. The number of benzene rings is 8. The van der Waals surface area contributed by atoms with Gasteiger partial charge in [0, 0.05) is 0 Å². The molecule has 0 aliphatic rings. The Morgan fingerprint density at radius 3 is 0.424 bits per heavy atom. The second-order valence-corrected chi connectivity index (χ2v) is 35.2. The number of halogens is 2. The van der Waals surface area contributed by atoms with Crippen molar-refractivity contribution in [3.05, 3.63) is 262 Å². The van der Waals surface area contributed by atoms with Crippen molar-refractivity contribution in [2.24, 2.45) is 0 Å². The molecule has 0 aliphatic heterocycles. The van der Waals surface area contributed by atoms with Crippen LogP contribution in [0.25, 0.3) is 0 Å². The van der Waals surface area contributed by atoms with Gasteiger partial charge in [0.05, 0.1) is 0 Å². The van der Waals surface area contributed by atoms with Gasteiger partial charge >= 0.3 is 390 Å². The Bertz CT molecular complexity index is 1880. The molecular weight excluding hydrogens is 1100 g/mol. The van der Waals surface area contributed by atoms with E-state index in [9.17, 15) is 0 Å². The molecule has 0 amide bonds. The van der Waals surface area contributed by atoms with Gasteiger partial charge in [0.15, 0.2) is 0 Å². The van der Waals surface area contributed by atoms with Crippen molar-refractivity contribution in [1.29, 1.82) is 0 Å². The van der Waals surface area contributed by atoms with Gasteiger partial charge in [-0.25, -0.2) is 0 Å². The topological polar surface area (TPSA) is 0 Å². The molecule has 0 aromatic heterocycles. The Labute approximate surface area is 385 Å². The Hall–Kier alpha value is -3.32. The van der Waals surface area contributed by atoms with Crippen molar-refractivity contribution in [2.75, 3.05) is 0 Å². The average molecular weight is 1150 g/mol. The van der Waals surface area contributed by atoms with E-state index in [1.165, 1.54) is 34.8 Å². The summed E-state index contributed by atoms with van der Waals surface area (Å²) in [5.74, 6) is 0.